The Hall–Kier alpha value is -2.10. The van der Waals surface area contributed by atoms with Crippen LogP contribution < -0.4 is 5.32 Å². The number of benzene rings is 1. The van der Waals surface area contributed by atoms with Crippen molar-refractivity contribution in [2.75, 3.05) is 7.11 Å². The molecule has 0 aromatic heterocycles. The SMILES string of the molecule is COC(=O)[C@@H](C/C=C/c1ccccc1)NC(=O)C1CCCCC1. The highest BCUT2D eigenvalue weighted by Crippen LogP contribution is 2.23. The van der Waals surface area contributed by atoms with Crippen LogP contribution in [0.3, 0.4) is 0 Å². The van der Waals surface area contributed by atoms with Gasteiger partial charge < -0.3 is 10.1 Å². The maximum Gasteiger partial charge on any atom is 0.328 e. The molecule has 0 radical (unpaired) electrons. The van der Waals surface area contributed by atoms with Gasteiger partial charge in [0.05, 0.1) is 7.11 Å². The normalized spacial score (nSPS) is 16.9. The van der Waals surface area contributed by atoms with Gasteiger partial charge in [0.2, 0.25) is 5.91 Å². The fourth-order valence-electron chi connectivity index (χ4n) is 2.92. The van der Waals surface area contributed by atoms with Crippen LogP contribution in [-0.4, -0.2) is 25.0 Å². The number of carbonyl (C=O) groups is 2. The molecule has 0 aliphatic heterocycles. The van der Waals surface area contributed by atoms with Crippen molar-refractivity contribution < 1.29 is 14.3 Å². The lowest BCUT2D eigenvalue weighted by Gasteiger charge is -2.23. The number of methoxy groups -OCH3 is 1. The van der Waals surface area contributed by atoms with Crippen molar-refractivity contribution in [3.8, 4) is 0 Å². The zero-order valence-electron chi connectivity index (χ0n) is 13.7. The fourth-order valence-corrected chi connectivity index (χ4v) is 2.92. The Morgan fingerprint density at radius 2 is 1.91 bits per heavy atom. The Balaban J connectivity index is 1.92. The molecule has 0 heterocycles. The van der Waals surface area contributed by atoms with Crippen molar-refractivity contribution in [3.05, 3.63) is 42.0 Å². The zero-order valence-corrected chi connectivity index (χ0v) is 13.7. The zero-order chi connectivity index (χ0) is 16.5. The summed E-state index contributed by atoms with van der Waals surface area (Å²) in [4.78, 5) is 24.2. The second kappa shape index (κ2) is 9.13. The second-order valence-electron chi connectivity index (χ2n) is 5.97. The molecular formula is C19H25NO3. The highest BCUT2D eigenvalue weighted by Gasteiger charge is 2.26. The molecule has 2 rings (SSSR count). The minimum atomic E-state index is -0.616. The van der Waals surface area contributed by atoms with E-state index in [2.05, 4.69) is 5.32 Å². The molecule has 1 fully saturated rings. The van der Waals surface area contributed by atoms with E-state index in [9.17, 15) is 9.59 Å². The number of esters is 1. The lowest BCUT2D eigenvalue weighted by atomic mass is 9.88. The van der Waals surface area contributed by atoms with E-state index in [4.69, 9.17) is 4.74 Å². The molecule has 1 aliphatic carbocycles. The molecule has 23 heavy (non-hydrogen) atoms. The largest absolute Gasteiger partial charge is 0.467 e. The third kappa shape index (κ3) is 5.55. The van der Waals surface area contributed by atoms with Crippen molar-refractivity contribution >= 4 is 18.0 Å². The molecule has 4 heteroatoms. The van der Waals surface area contributed by atoms with Gasteiger partial charge in [-0.1, -0.05) is 61.7 Å². The summed E-state index contributed by atoms with van der Waals surface area (Å²) in [6.07, 6.45) is 9.49. The number of ether oxygens (including phenoxy) is 1. The molecule has 0 bridgehead atoms. The van der Waals surface area contributed by atoms with Gasteiger partial charge in [0, 0.05) is 5.92 Å². The Morgan fingerprint density at radius 1 is 1.22 bits per heavy atom. The van der Waals surface area contributed by atoms with Gasteiger partial charge in [-0.15, -0.1) is 0 Å². The molecule has 1 aromatic carbocycles. The summed E-state index contributed by atoms with van der Waals surface area (Å²) in [6, 6.07) is 9.24. The molecule has 1 aromatic rings. The average Bonchev–Trinajstić information content (AvgIpc) is 2.61. The number of rotatable bonds is 6. The third-order valence-electron chi connectivity index (χ3n) is 4.26. The van der Waals surface area contributed by atoms with Gasteiger partial charge in [0.15, 0.2) is 0 Å². The Bertz CT molecular complexity index is 533. The minimum Gasteiger partial charge on any atom is -0.467 e. The van der Waals surface area contributed by atoms with E-state index in [1.165, 1.54) is 13.5 Å². The summed E-state index contributed by atoms with van der Waals surface area (Å²) in [5, 5.41) is 2.86. The number of nitrogens with one attached hydrogen (secondary N) is 1. The summed E-state index contributed by atoms with van der Waals surface area (Å²) < 4.78 is 4.82. The van der Waals surface area contributed by atoms with Crippen LogP contribution in [0.25, 0.3) is 6.08 Å². The lowest BCUT2D eigenvalue weighted by Crippen LogP contribution is -2.44. The molecule has 124 valence electrons. The van der Waals surface area contributed by atoms with Crippen molar-refractivity contribution in [3.63, 3.8) is 0 Å². The van der Waals surface area contributed by atoms with Gasteiger partial charge in [0.25, 0.3) is 0 Å². The molecule has 4 nitrogen and oxygen atoms in total. The number of carbonyl (C=O) groups excluding carboxylic acids is 2. The predicted octanol–water partition coefficient (Wildman–Crippen LogP) is 3.33. The van der Waals surface area contributed by atoms with Gasteiger partial charge in [-0.3, -0.25) is 4.79 Å². The molecule has 0 unspecified atom stereocenters. The topological polar surface area (TPSA) is 55.4 Å². The molecule has 1 atom stereocenters. The Labute approximate surface area is 137 Å². The van der Waals surface area contributed by atoms with Crippen LogP contribution in [0.15, 0.2) is 36.4 Å². The van der Waals surface area contributed by atoms with Crippen LogP contribution >= 0.6 is 0 Å². The molecule has 1 aliphatic rings. The first-order valence-electron chi connectivity index (χ1n) is 8.30. The molecule has 0 saturated heterocycles. The van der Waals surface area contributed by atoms with Crippen molar-refractivity contribution in [1.82, 2.24) is 5.32 Å². The maximum atomic E-state index is 12.3. The molecular weight excluding hydrogens is 290 g/mol. The summed E-state index contributed by atoms with van der Waals surface area (Å²) in [5.74, 6) is -0.380. The minimum absolute atomic E-state index is 0.0202. The van der Waals surface area contributed by atoms with Gasteiger partial charge in [-0.2, -0.15) is 0 Å². The third-order valence-corrected chi connectivity index (χ3v) is 4.26. The lowest BCUT2D eigenvalue weighted by molar-refractivity contribution is -0.145. The van der Waals surface area contributed by atoms with Crippen molar-refractivity contribution in [1.29, 1.82) is 0 Å². The molecule has 1 amide bonds. The quantitative estimate of drug-likeness (QED) is 0.819. The molecule has 0 spiro atoms. The van der Waals surface area contributed by atoms with Crippen LogP contribution in [0.5, 0.6) is 0 Å². The van der Waals surface area contributed by atoms with Crippen LogP contribution in [0, 0.1) is 5.92 Å². The van der Waals surface area contributed by atoms with E-state index in [1.807, 2.05) is 42.5 Å². The van der Waals surface area contributed by atoms with E-state index >= 15 is 0 Å². The van der Waals surface area contributed by atoms with E-state index < -0.39 is 12.0 Å². The summed E-state index contributed by atoms with van der Waals surface area (Å²) in [7, 11) is 1.35. The standard InChI is InChI=1S/C19H25NO3/c1-23-19(22)17(14-8-11-15-9-4-2-5-10-15)20-18(21)16-12-6-3-7-13-16/h2,4-5,8-11,16-17H,3,6-7,12-14H2,1H3,(H,20,21)/b11-8+/t17-/m1/s1. The first-order valence-corrected chi connectivity index (χ1v) is 8.30. The summed E-state index contributed by atoms with van der Waals surface area (Å²) >= 11 is 0. The van der Waals surface area contributed by atoms with Crippen LogP contribution in [0.2, 0.25) is 0 Å². The van der Waals surface area contributed by atoms with E-state index in [0.29, 0.717) is 6.42 Å². The monoisotopic (exact) mass is 315 g/mol. The number of hydrogen-bond acceptors (Lipinski definition) is 3. The van der Waals surface area contributed by atoms with Crippen molar-refractivity contribution in [2.24, 2.45) is 5.92 Å². The van der Waals surface area contributed by atoms with Crippen molar-refractivity contribution in [2.45, 2.75) is 44.6 Å². The number of hydrogen-bond donors (Lipinski definition) is 1. The highest BCUT2D eigenvalue weighted by atomic mass is 16.5. The predicted molar refractivity (Wildman–Crippen MR) is 90.6 cm³/mol. The highest BCUT2D eigenvalue weighted by molar-refractivity contribution is 5.86. The first-order chi connectivity index (χ1) is 11.2. The molecule has 1 saturated carbocycles. The number of amides is 1. The van der Waals surface area contributed by atoms with E-state index in [-0.39, 0.29) is 11.8 Å². The molecule has 1 N–H and O–H groups in total. The smallest absolute Gasteiger partial charge is 0.328 e. The van der Waals surface area contributed by atoms with Crippen LogP contribution in [0.4, 0.5) is 0 Å². The summed E-state index contributed by atoms with van der Waals surface area (Å²) in [6.45, 7) is 0. The van der Waals surface area contributed by atoms with Gasteiger partial charge in [-0.05, 0) is 24.8 Å². The Kier molecular flexibility index (Phi) is 6.85. The van der Waals surface area contributed by atoms with Gasteiger partial charge in [-0.25, -0.2) is 4.79 Å². The van der Waals surface area contributed by atoms with Crippen LogP contribution in [0.1, 0.15) is 44.1 Å². The van der Waals surface area contributed by atoms with Crippen LogP contribution in [-0.2, 0) is 14.3 Å². The first kappa shape index (κ1) is 17.3. The van der Waals surface area contributed by atoms with Gasteiger partial charge in [0.1, 0.15) is 6.04 Å². The average molecular weight is 315 g/mol. The summed E-state index contributed by atoms with van der Waals surface area (Å²) in [5.41, 5.74) is 1.06. The fraction of sp³-hybridized carbons (Fsp3) is 0.474. The Morgan fingerprint density at radius 3 is 2.57 bits per heavy atom. The van der Waals surface area contributed by atoms with Gasteiger partial charge >= 0.3 is 5.97 Å². The van der Waals surface area contributed by atoms with E-state index in [0.717, 1.165) is 31.2 Å². The maximum absolute atomic E-state index is 12.3. The van der Waals surface area contributed by atoms with E-state index in [1.54, 1.807) is 0 Å². The second-order valence-corrected chi connectivity index (χ2v) is 5.97.